The van der Waals surface area contributed by atoms with Gasteiger partial charge in [-0.15, -0.1) is 23.7 Å². The fraction of sp³-hybridized carbons (Fsp3) is 0.412. The average Bonchev–Trinajstić information content (AvgIpc) is 2.81. The lowest BCUT2D eigenvalue weighted by atomic mass is 10.1. The van der Waals surface area contributed by atoms with Crippen molar-refractivity contribution in [2.75, 3.05) is 5.32 Å². The molecule has 0 aliphatic carbocycles. The first-order valence-corrected chi connectivity index (χ1v) is 8.39. The molecule has 126 valence electrons. The number of amides is 1. The summed E-state index contributed by atoms with van der Waals surface area (Å²) in [5.74, 6) is -0.155. The molecule has 0 spiro atoms. The zero-order chi connectivity index (χ0) is 16.1. The van der Waals surface area contributed by atoms with E-state index in [1.54, 1.807) is 0 Å². The van der Waals surface area contributed by atoms with Crippen molar-refractivity contribution in [1.29, 1.82) is 0 Å². The molecule has 1 aromatic heterocycles. The van der Waals surface area contributed by atoms with Gasteiger partial charge in [0.2, 0.25) is 5.91 Å². The standard InChI is InChI=1S/C17H23N3OS.ClH/c1-4-5-14(18)16(21)20-17-19-12(3)15(22-17)10-13-8-6-11(2)7-9-13;/h6-9,14H,4-5,10,18H2,1-3H3,(H,19,20,21);1H. The molecule has 0 fully saturated rings. The minimum Gasteiger partial charge on any atom is -0.320 e. The Morgan fingerprint density at radius 2 is 1.96 bits per heavy atom. The highest BCUT2D eigenvalue weighted by Crippen LogP contribution is 2.25. The van der Waals surface area contributed by atoms with Crippen LogP contribution in [0.4, 0.5) is 5.13 Å². The number of aromatic nitrogens is 1. The average molecular weight is 354 g/mol. The monoisotopic (exact) mass is 353 g/mol. The molecule has 0 aliphatic heterocycles. The molecule has 0 radical (unpaired) electrons. The van der Waals surface area contributed by atoms with Crippen molar-refractivity contribution < 1.29 is 4.79 Å². The summed E-state index contributed by atoms with van der Waals surface area (Å²) in [5, 5.41) is 3.46. The van der Waals surface area contributed by atoms with Crippen LogP contribution < -0.4 is 11.1 Å². The Hall–Kier alpha value is -1.43. The van der Waals surface area contributed by atoms with Crippen molar-refractivity contribution in [2.24, 2.45) is 5.73 Å². The van der Waals surface area contributed by atoms with Gasteiger partial charge in [-0.25, -0.2) is 4.98 Å². The highest BCUT2D eigenvalue weighted by molar-refractivity contribution is 7.15. The molecule has 6 heteroatoms. The second-order valence-electron chi connectivity index (χ2n) is 5.57. The van der Waals surface area contributed by atoms with Crippen LogP contribution in [0.5, 0.6) is 0 Å². The lowest BCUT2D eigenvalue weighted by molar-refractivity contribution is -0.117. The minimum atomic E-state index is -0.463. The smallest absolute Gasteiger partial charge is 0.243 e. The molecule has 0 saturated carbocycles. The van der Waals surface area contributed by atoms with E-state index in [0.29, 0.717) is 11.6 Å². The predicted octanol–water partition coefficient (Wildman–Crippen LogP) is 3.84. The summed E-state index contributed by atoms with van der Waals surface area (Å²) in [4.78, 5) is 17.6. The minimum absolute atomic E-state index is 0. The van der Waals surface area contributed by atoms with E-state index in [0.717, 1.165) is 18.5 Å². The summed E-state index contributed by atoms with van der Waals surface area (Å²) in [7, 11) is 0. The third-order valence-corrected chi connectivity index (χ3v) is 4.62. The number of aryl methyl sites for hydroxylation is 2. The molecule has 23 heavy (non-hydrogen) atoms. The van der Waals surface area contributed by atoms with Gasteiger partial charge < -0.3 is 11.1 Å². The summed E-state index contributed by atoms with van der Waals surface area (Å²) in [5.41, 5.74) is 9.29. The van der Waals surface area contributed by atoms with Gasteiger partial charge in [-0.2, -0.15) is 0 Å². The maximum Gasteiger partial charge on any atom is 0.243 e. The number of hydrogen-bond donors (Lipinski definition) is 2. The summed E-state index contributed by atoms with van der Waals surface area (Å²) >= 11 is 1.52. The van der Waals surface area contributed by atoms with Crippen molar-refractivity contribution in [3.8, 4) is 0 Å². The normalized spacial score (nSPS) is 11.7. The summed E-state index contributed by atoms with van der Waals surface area (Å²) < 4.78 is 0. The van der Waals surface area contributed by atoms with Gasteiger partial charge in [0.05, 0.1) is 11.7 Å². The van der Waals surface area contributed by atoms with Crippen LogP contribution in [0.15, 0.2) is 24.3 Å². The van der Waals surface area contributed by atoms with Gasteiger partial charge in [0.1, 0.15) is 0 Å². The van der Waals surface area contributed by atoms with Crippen LogP contribution in [-0.4, -0.2) is 16.9 Å². The number of carbonyl (C=O) groups is 1. The van der Waals surface area contributed by atoms with Crippen molar-refractivity contribution in [2.45, 2.75) is 46.1 Å². The van der Waals surface area contributed by atoms with Crippen molar-refractivity contribution in [1.82, 2.24) is 4.98 Å². The van der Waals surface area contributed by atoms with Gasteiger partial charge >= 0.3 is 0 Å². The number of carbonyl (C=O) groups excluding carboxylic acids is 1. The highest BCUT2D eigenvalue weighted by Gasteiger charge is 2.15. The van der Waals surface area contributed by atoms with E-state index in [1.807, 2.05) is 13.8 Å². The highest BCUT2D eigenvalue weighted by atomic mass is 35.5. The molecule has 1 aromatic carbocycles. The van der Waals surface area contributed by atoms with E-state index < -0.39 is 6.04 Å². The second kappa shape index (κ2) is 9.01. The van der Waals surface area contributed by atoms with Crippen LogP contribution in [0.2, 0.25) is 0 Å². The number of halogens is 1. The van der Waals surface area contributed by atoms with Crippen molar-refractivity contribution in [3.63, 3.8) is 0 Å². The Bertz CT molecular complexity index is 640. The number of anilines is 1. The zero-order valence-electron chi connectivity index (χ0n) is 13.8. The molecule has 2 aromatic rings. The fourth-order valence-corrected chi connectivity index (χ4v) is 3.18. The molecular weight excluding hydrogens is 330 g/mol. The third kappa shape index (κ3) is 5.61. The fourth-order valence-electron chi connectivity index (χ4n) is 2.18. The lowest BCUT2D eigenvalue weighted by Crippen LogP contribution is -2.35. The number of thiazole rings is 1. The number of benzene rings is 1. The number of hydrogen-bond acceptors (Lipinski definition) is 4. The molecule has 0 saturated heterocycles. The van der Waals surface area contributed by atoms with E-state index >= 15 is 0 Å². The van der Waals surface area contributed by atoms with Crippen molar-refractivity contribution in [3.05, 3.63) is 46.0 Å². The van der Waals surface area contributed by atoms with Crippen LogP contribution in [0.25, 0.3) is 0 Å². The van der Waals surface area contributed by atoms with Crippen LogP contribution in [0.1, 0.15) is 41.5 Å². The summed E-state index contributed by atoms with van der Waals surface area (Å²) in [6.07, 6.45) is 2.41. The van der Waals surface area contributed by atoms with E-state index in [9.17, 15) is 4.79 Å². The van der Waals surface area contributed by atoms with Crippen LogP contribution in [0.3, 0.4) is 0 Å². The van der Waals surface area contributed by atoms with E-state index in [1.165, 1.54) is 27.3 Å². The Morgan fingerprint density at radius 3 is 2.57 bits per heavy atom. The Morgan fingerprint density at radius 1 is 1.30 bits per heavy atom. The maximum atomic E-state index is 11.9. The number of rotatable bonds is 6. The van der Waals surface area contributed by atoms with Gasteiger partial charge in [0, 0.05) is 11.3 Å². The number of nitrogens with zero attached hydrogens (tertiary/aromatic N) is 1. The Labute approximate surface area is 147 Å². The topological polar surface area (TPSA) is 68.0 Å². The van der Waals surface area contributed by atoms with Crippen molar-refractivity contribution >= 4 is 34.8 Å². The third-order valence-electron chi connectivity index (χ3n) is 3.54. The summed E-state index contributed by atoms with van der Waals surface area (Å²) in [6.45, 7) is 6.07. The van der Waals surface area contributed by atoms with Gasteiger partial charge in [0.25, 0.3) is 0 Å². The molecular formula is C17H24ClN3OS. The molecule has 1 heterocycles. The first kappa shape index (κ1) is 19.6. The van der Waals surface area contributed by atoms with Gasteiger partial charge in [0.15, 0.2) is 5.13 Å². The van der Waals surface area contributed by atoms with Crippen LogP contribution in [0, 0.1) is 13.8 Å². The first-order valence-electron chi connectivity index (χ1n) is 7.58. The van der Waals surface area contributed by atoms with Crippen LogP contribution >= 0.6 is 23.7 Å². The first-order chi connectivity index (χ1) is 10.5. The molecule has 3 N–H and O–H groups in total. The molecule has 2 rings (SSSR count). The SMILES string of the molecule is CCCC(N)C(=O)Nc1nc(C)c(Cc2ccc(C)cc2)s1.Cl. The molecule has 0 aliphatic rings. The lowest BCUT2D eigenvalue weighted by Gasteiger charge is -2.08. The van der Waals surface area contributed by atoms with Crippen LogP contribution in [-0.2, 0) is 11.2 Å². The van der Waals surface area contributed by atoms with Gasteiger partial charge in [-0.1, -0.05) is 43.2 Å². The number of nitrogens with two attached hydrogens (primary N) is 1. The largest absolute Gasteiger partial charge is 0.320 e. The second-order valence-corrected chi connectivity index (χ2v) is 6.66. The van der Waals surface area contributed by atoms with E-state index in [2.05, 4.69) is 41.5 Å². The Kier molecular flexibility index (Phi) is 7.68. The van der Waals surface area contributed by atoms with Gasteiger partial charge in [-0.3, -0.25) is 4.79 Å². The molecule has 1 atom stereocenters. The molecule has 1 amide bonds. The quantitative estimate of drug-likeness (QED) is 0.829. The molecule has 1 unspecified atom stereocenters. The van der Waals surface area contributed by atoms with E-state index in [-0.39, 0.29) is 18.3 Å². The molecule has 0 bridgehead atoms. The Balaban J connectivity index is 0.00000264. The van der Waals surface area contributed by atoms with E-state index in [4.69, 9.17) is 5.73 Å². The zero-order valence-corrected chi connectivity index (χ0v) is 15.4. The molecule has 4 nitrogen and oxygen atoms in total. The maximum absolute atomic E-state index is 11.9. The van der Waals surface area contributed by atoms with Gasteiger partial charge in [-0.05, 0) is 25.8 Å². The predicted molar refractivity (Wildman–Crippen MR) is 99.6 cm³/mol. The number of nitrogens with one attached hydrogen (secondary N) is 1. The summed E-state index contributed by atoms with van der Waals surface area (Å²) in [6, 6.07) is 8.01.